The van der Waals surface area contributed by atoms with Crippen LogP contribution in [-0.4, -0.2) is 18.0 Å². The van der Waals surface area contributed by atoms with Gasteiger partial charge in [0.2, 0.25) is 0 Å². The fraction of sp³-hybridized carbons (Fsp3) is 0.167. The lowest BCUT2D eigenvalue weighted by Crippen LogP contribution is -2.26. The van der Waals surface area contributed by atoms with Crippen molar-refractivity contribution in [1.82, 2.24) is 0 Å². The van der Waals surface area contributed by atoms with Gasteiger partial charge >= 0.3 is 5.97 Å². The second kappa shape index (κ2) is 9.55. The predicted octanol–water partition coefficient (Wildman–Crippen LogP) is 4.76. The van der Waals surface area contributed by atoms with Crippen molar-refractivity contribution < 1.29 is 19.1 Å². The van der Waals surface area contributed by atoms with Crippen molar-refractivity contribution in [2.75, 3.05) is 5.32 Å². The van der Waals surface area contributed by atoms with E-state index in [0.29, 0.717) is 11.3 Å². The van der Waals surface area contributed by atoms with E-state index < -0.39 is 12.1 Å². The summed E-state index contributed by atoms with van der Waals surface area (Å²) in [6, 6.07) is 23.7. The van der Waals surface area contributed by atoms with E-state index in [1.54, 1.807) is 31.2 Å². The fourth-order valence-electron chi connectivity index (χ4n) is 2.62. The third kappa shape index (κ3) is 5.94. The number of hydrogen-bond acceptors (Lipinski definition) is 4. The van der Waals surface area contributed by atoms with Crippen LogP contribution in [0.4, 0.5) is 5.69 Å². The summed E-state index contributed by atoms with van der Waals surface area (Å²) >= 11 is 0. The molecular formula is C24H23NO4. The van der Waals surface area contributed by atoms with Crippen LogP contribution < -0.4 is 10.1 Å². The van der Waals surface area contributed by atoms with Gasteiger partial charge in [0, 0.05) is 11.3 Å². The van der Waals surface area contributed by atoms with Crippen molar-refractivity contribution >= 4 is 17.6 Å². The van der Waals surface area contributed by atoms with Crippen LogP contribution >= 0.6 is 0 Å². The van der Waals surface area contributed by atoms with Crippen molar-refractivity contribution in [3.05, 3.63) is 95.6 Å². The Morgan fingerprint density at radius 1 is 0.897 bits per heavy atom. The highest BCUT2D eigenvalue weighted by molar-refractivity contribution is 6.04. The summed E-state index contributed by atoms with van der Waals surface area (Å²) in [7, 11) is 0. The number of benzene rings is 3. The Balaban J connectivity index is 1.51. The standard InChI is InChI=1S/C24H23NO4/c1-17-8-12-21(13-9-17)25-23(26)20-10-14-22(15-11-20)29-18(2)24(27)28-16-19-6-4-3-5-7-19/h3-15,18H,16H2,1-2H3,(H,25,26)/t18-/m1/s1. The lowest BCUT2D eigenvalue weighted by Gasteiger charge is -2.14. The average molecular weight is 389 g/mol. The minimum atomic E-state index is -0.758. The van der Waals surface area contributed by atoms with E-state index in [1.165, 1.54) is 0 Å². The summed E-state index contributed by atoms with van der Waals surface area (Å²) in [5.41, 5.74) is 3.27. The predicted molar refractivity (Wildman–Crippen MR) is 112 cm³/mol. The zero-order chi connectivity index (χ0) is 20.6. The molecule has 5 heteroatoms. The van der Waals surface area contributed by atoms with Crippen LogP contribution in [0.5, 0.6) is 5.75 Å². The molecule has 1 amide bonds. The van der Waals surface area contributed by atoms with Crippen LogP contribution in [-0.2, 0) is 16.1 Å². The molecule has 0 aliphatic rings. The van der Waals surface area contributed by atoms with Crippen molar-refractivity contribution in [2.24, 2.45) is 0 Å². The molecule has 1 N–H and O–H groups in total. The van der Waals surface area contributed by atoms with Crippen molar-refractivity contribution in [3.63, 3.8) is 0 Å². The number of hydrogen-bond donors (Lipinski definition) is 1. The number of anilines is 1. The molecule has 3 rings (SSSR count). The molecule has 0 radical (unpaired) electrons. The van der Waals surface area contributed by atoms with Crippen molar-refractivity contribution in [2.45, 2.75) is 26.6 Å². The van der Waals surface area contributed by atoms with Gasteiger partial charge < -0.3 is 14.8 Å². The second-order valence-electron chi connectivity index (χ2n) is 6.70. The van der Waals surface area contributed by atoms with Gasteiger partial charge in [-0.15, -0.1) is 0 Å². The molecule has 0 bridgehead atoms. The number of nitrogens with one attached hydrogen (secondary N) is 1. The minimum Gasteiger partial charge on any atom is -0.479 e. The number of esters is 1. The normalized spacial score (nSPS) is 11.4. The zero-order valence-corrected chi connectivity index (χ0v) is 16.4. The Kier molecular flexibility index (Phi) is 6.63. The molecule has 0 saturated carbocycles. The van der Waals surface area contributed by atoms with Gasteiger partial charge in [-0.05, 0) is 55.8 Å². The Bertz CT molecular complexity index is 950. The van der Waals surface area contributed by atoms with Gasteiger partial charge in [-0.3, -0.25) is 4.79 Å². The Morgan fingerprint density at radius 3 is 2.21 bits per heavy atom. The van der Waals surface area contributed by atoms with E-state index in [-0.39, 0.29) is 12.5 Å². The highest BCUT2D eigenvalue weighted by Gasteiger charge is 2.17. The van der Waals surface area contributed by atoms with Gasteiger partial charge in [0.05, 0.1) is 0 Å². The van der Waals surface area contributed by atoms with E-state index in [9.17, 15) is 9.59 Å². The maximum atomic E-state index is 12.3. The summed E-state index contributed by atoms with van der Waals surface area (Å²) in [6.07, 6.45) is -0.758. The molecule has 0 aliphatic carbocycles. The highest BCUT2D eigenvalue weighted by atomic mass is 16.6. The molecule has 0 unspecified atom stereocenters. The molecular weight excluding hydrogens is 366 g/mol. The first kappa shape index (κ1) is 20.1. The third-order valence-corrected chi connectivity index (χ3v) is 4.29. The van der Waals surface area contributed by atoms with Crippen molar-refractivity contribution in [1.29, 1.82) is 0 Å². The van der Waals surface area contributed by atoms with Gasteiger partial charge in [-0.25, -0.2) is 4.79 Å². The summed E-state index contributed by atoms with van der Waals surface area (Å²) in [5.74, 6) is -0.174. The number of carbonyl (C=O) groups is 2. The average Bonchev–Trinajstić information content (AvgIpc) is 2.74. The lowest BCUT2D eigenvalue weighted by molar-refractivity contribution is -0.152. The quantitative estimate of drug-likeness (QED) is 0.592. The van der Waals surface area contributed by atoms with E-state index >= 15 is 0 Å². The van der Waals surface area contributed by atoms with Gasteiger partial charge in [0.15, 0.2) is 6.10 Å². The van der Waals surface area contributed by atoms with E-state index in [1.807, 2.05) is 61.5 Å². The van der Waals surface area contributed by atoms with Crippen molar-refractivity contribution in [3.8, 4) is 5.75 Å². The number of amides is 1. The molecule has 0 fully saturated rings. The number of rotatable bonds is 7. The SMILES string of the molecule is Cc1ccc(NC(=O)c2ccc(O[C@H](C)C(=O)OCc3ccccc3)cc2)cc1. The molecule has 1 atom stereocenters. The largest absolute Gasteiger partial charge is 0.479 e. The summed E-state index contributed by atoms with van der Waals surface area (Å²) in [5, 5.41) is 2.84. The molecule has 0 spiro atoms. The van der Waals surface area contributed by atoms with Crippen LogP contribution in [0.2, 0.25) is 0 Å². The van der Waals surface area contributed by atoms with E-state index in [4.69, 9.17) is 9.47 Å². The van der Waals surface area contributed by atoms with Gasteiger partial charge in [-0.2, -0.15) is 0 Å². The first-order valence-corrected chi connectivity index (χ1v) is 9.36. The molecule has 0 heterocycles. The summed E-state index contributed by atoms with van der Waals surface area (Å²) < 4.78 is 10.9. The van der Waals surface area contributed by atoms with Crippen LogP contribution in [0.1, 0.15) is 28.4 Å². The summed E-state index contributed by atoms with van der Waals surface area (Å²) in [4.78, 5) is 24.4. The van der Waals surface area contributed by atoms with Crippen LogP contribution in [0, 0.1) is 6.92 Å². The Labute approximate surface area is 170 Å². The van der Waals surface area contributed by atoms with Crippen LogP contribution in [0.3, 0.4) is 0 Å². The Hall–Kier alpha value is -3.60. The van der Waals surface area contributed by atoms with Crippen LogP contribution in [0.25, 0.3) is 0 Å². The molecule has 3 aromatic carbocycles. The number of ether oxygens (including phenoxy) is 2. The maximum absolute atomic E-state index is 12.3. The monoisotopic (exact) mass is 389 g/mol. The molecule has 0 aliphatic heterocycles. The molecule has 0 aromatic heterocycles. The number of aryl methyl sites for hydroxylation is 1. The topological polar surface area (TPSA) is 64.6 Å². The van der Waals surface area contributed by atoms with Crippen LogP contribution in [0.15, 0.2) is 78.9 Å². The molecule has 3 aromatic rings. The molecule has 5 nitrogen and oxygen atoms in total. The van der Waals surface area contributed by atoms with Gasteiger partial charge in [-0.1, -0.05) is 48.0 Å². The highest BCUT2D eigenvalue weighted by Crippen LogP contribution is 2.16. The maximum Gasteiger partial charge on any atom is 0.347 e. The van der Waals surface area contributed by atoms with E-state index in [0.717, 1.165) is 16.8 Å². The summed E-state index contributed by atoms with van der Waals surface area (Å²) in [6.45, 7) is 3.82. The molecule has 148 valence electrons. The molecule has 0 saturated heterocycles. The fourth-order valence-corrected chi connectivity index (χ4v) is 2.62. The third-order valence-electron chi connectivity index (χ3n) is 4.29. The van der Waals surface area contributed by atoms with Gasteiger partial charge in [0.1, 0.15) is 12.4 Å². The first-order valence-electron chi connectivity index (χ1n) is 9.36. The second-order valence-corrected chi connectivity index (χ2v) is 6.70. The zero-order valence-electron chi connectivity index (χ0n) is 16.4. The lowest BCUT2D eigenvalue weighted by atomic mass is 10.2. The smallest absolute Gasteiger partial charge is 0.347 e. The first-order chi connectivity index (χ1) is 14.0. The minimum absolute atomic E-state index is 0.200. The molecule has 29 heavy (non-hydrogen) atoms. The Morgan fingerprint density at radius 2 is 1.55 bits per heavy atom. The van der Waals surface area contributed by atoms with E-state index in [2.05, 4.69) is 5.32 Å². The van der Waals surface area contributed by atoms with Gasteiger partial charge in [0.25, 0.3) is 5.91 Å². The number of carbonyl (C=O) groups excluding carboxylic acids is 2.